The van der Waals surface area contributed by atoms with Crippen LogP contribution in [0, 0.1) is 3.57 Å². The second kappa shape index (κ2) is 8.97. The molecule has 1 aliphatic heterocycles. The van der Waals surface area contributed by atoms with Gasteiger partial charge in [-0.1, -0.05) is 36.9 Å². The van der Waals surface area contributed by atoms with E-state index in [2.05, 4.69) is 45.8 Å². The predicted octanol–water partition coefficient (Wildman–Crippen LogP) is 6.51. The third-order valence-electron chi connectivity index (χ3n) is 6.60. The fraction of sp³-hybridized carbons (Fsp3) is 0.565. The maximum atomic E-state index is 6.35. The number of hydrogen-bond donors (Lipinski definition) is 0. The molecule has 2 aromatic heterocycles. The number of hydrogen-bond acceptors (Lipinski definition) is 3. The topological polar surface area (TPSA) is 35.0 Å². The first-order valence-corrected chi connectivity index (χ1v) is 11.9. The fourth-order valence-corrected chi connectivity index (χ4v) is 5.83. The molecule has 0 radical (unpaired) electrons. The number of pyridine rings is 2. The predicted molar refractivity (Wildman–Crippen MR) is 122 cm³/mol. The summed E-state index contributed by atoms with van der Waals surface area (Å²) in [7, 11) is 0. The monoisotopic (exact) mass is 510 g/mol. The molecule has 0 bridgehead atoms. The van der Waals surface area contributed by atoms with Crippen molar-refractivity contribution in [2.45, 2.75) is 75.2 Å². The number of nitrogens with zero attached hydrogens (tertiary/aromatic N) is 2. The summed E-state index contributed by atoms with van der Waals surface area (Å²) in [6.45, 7) is 0.871. The molecule has 3 heterocycles. The van der Waals surface area contributed by atoms with E-state index < -0.39 is 0 Å². The number of aromatic nitrogens is 2. The van der Waals surface area contributed by atoms with E-state index in [-0.39, 0.29) is 11.0 Å². The Labute approximate surface area is 186 Å². The summed E-state index contributed by atoms with van der Waals surface area (Å²) in [6.07, 6.45) is 15.8. The molecule has 4 rings (SSSR count). The molecule has 2 aliphatic rings. The van der Waals surface area contributed by atoms with Gasteiger partial charge in [-0.25, -0.2) is 4.98 Å². The summed E-state index contributed by atoms with van der Waals surface area (Å²) in [5.41, 5.74) is 2.81. The molecule has 1 saturated heterocycles. The molecule has 2 aromatic rings. The van der Waals surface area contributed by atoms with Crippen LogP contribution in [0.5, 0.6) is 0 Å². The summed E-state index contributed by atoms with van der Waals surface area (Å²) >= 11 is 8.31. The van der Waals surface area contributed by atoms with Gasteiger partial charge in [-0.2, -0.15) is 0 Å². The SMILES string of the molecule is Clc1ncc(CCCCC2(c3ccccn3)CCOC3(CCCC3)C2)cc1I. The van der Waals surface area contributed by atoms with Gasteiger partial charge in [0.15, 0.2) is 0 Å². The van der Waals surface area contributed by atoms with Crippen molar-refractivity contribution in [3.8, 4) is 0 Å². The zero-order valence-electron chi connectivity index (χ0n) is 16.3. The minimum absolute atomic E-state index is 0.103. The van der Waals surface area contributed by atoms with Gasteiger partial charge in [-0.15, -0.1) is 0 Å². The highest BCUT2D eigenvalue weighted by atomic mass is 127. The number of halogens is 2. The Morgan fingerprint density at radius 1 is 1.11 bits per heavy atom. The van der Waals surface area contributed by atoms with Crippen LogP contribution in [0.4, 0.5) is 0 Å². The van der Waals surface area contributed by atoms with Gasteiger partial charge in [-0.05, 0) is 91.3 Å². The minimum Gasteiger partial charge on any atom is -0.375 e. The summed E-state index contributed by atoms with van der Waals surface area (Å²) < 4.78 is 7.39. The molecule has 3 nitrogen and oxygen atoms in total. The van der Waals surface area contributed by atoms with E-state index in [0.717, 1.165) is 29.4 Å². The van der Waals surface area contributed by atoms with Crippen LogP contribution in [0.1, 0.15) is 69.0 Å². The van der Waals surface area contributed by atoms with Crippen LogP contribution < -0.4 is 0 Å². The molecule has 1 atom stereocenters. The van der Waals surface area contributed by atoms with Gasteiger partial charge < -0.3 is 4.74 Å². The van der Waals surface area contributed by atoms with Crippen LogP contribution in [-0.2, 0) is 16.6 Å². The van der Waals surface area contributed by atoms with Gasteiger partial charge in [0, 0.05) is 30.1 Å². The zero-order chi connectivity index (χ0) is 19.5. The molecule has 5 heteroatoms. The van der Waals surface area contributed by atoms with Gasteiger partial charge >= 0.3 is 0 Å². The van der Waals surface area contributed by atoms with Crippen molar-refractivity contribution in [2.24, 2.45) is 0 Å². The third-order valence-corrected chi connectivity index (χ3v) is 8.04. The van der Waals surface area contributed by atoms with Crippen LogP contribution in [0.3, 0.4) is 0 Å². The molecule has 0 amide bonds. The summed E-state index contributed by atoms with van der Waals surface area (Å²) in [4.78, 5) is 9.09. The third kappa shape index (κ3) is 4.54. The van der Waals surface area contributed by atoms with Gasteiger partial charge in [0.1, 0.15) is 5.15 Å². The average Bonchev–Trinajstić information content (AvgIpc) is 3.16. The number of unbranched alkanes of at least 4 members (excludes halogenated alkanes) is 1. The standard InChI is InChI=1S/C23H28ClIN2O/c24-21-19(25)15-18(16-27-21)7-1-3-9-22(20-8-2-6-13-26-20)12-14-28-23(17-22)10-4-5-11-23/h2,6,8,13,15-16H,1,3-5,7,9-12,14,17H2. The zero-order valence-corrected chi connectivity index (χ0v) is 19.2. The van der Waals surface area contributed by atoms with Crippen molar-refractivity contribution < 1.29 is 4.74 Å². The first kappa shape index (κ1) is 20.5. The second-order valence-electron chi connectivity index (χ2n) is 8.48. The molecule has 28 heavy (non-hydrogen) atoms. The Morgan fingerprint density at radius 3 is 2.71 bits per heavy atom. The lowest BCUT2D eigenvalue weighted by atomic mass is 9.67. The lowest BCUT2D eigenvalue weighted by molar-refractivity contribution is -0.104. The van der Waals surface area contributed by atoms with Crippen molar-refractivity contribution in [3.63, 3.8) is 0 Å². The second-order valence-corrected chi connectivity index (χ2v) is 10.0. The van der Waals surface area contributed by atoms with E-state index >= 15 is 0 Å². The van der Waals surface area contributed by atoms with E-state index in [1.807, 2.05) is 18.5 Å². The molecule has 150 valence electrons. The maximum Gasteiger partial charge on any atom is 0.142 e. The summed E-state index contributed by atoms with van der Waals surface area (Å²) in [5, 5.41) is 0.600. The van der Waals surface area contributed by atoms with Crippen LogP contribution in [0.25, 0.3) is 0 Å². The first-order chi connectivity index (χ1) is 13.6. The Morgan fingerprint density at radius 2 is 1.96 bits per heavy atom. The molecule has 1 aliphatic carbocycles. The number of ether oxygens (including phenoxy) is 1. The Hall–Kier alpha value is -0.720. The van der Waals surface area contributed by atoms with Crippen molar-refractivity contribution in [3.05, 3.63) is 56.6 Å². The normalized spacial score (nSPS) is 23.9. The van der Waals surface area contributed by atoms with Crippen molar-refractivity contribution >= 4 is 34.2 Å². The van der Waals surface area contributed by atoms with Gasteiger partial charge in [0.05, 0.1) is 9.17 Å². The summed E-state index contributed by atoms with van der Waals surface area (Å²) in [5.74, 6) is 0. The molecule has 0 aromatic carbocycles. The van der Waals surface area contributed by atoms with E-state index in [0.29, 0.717) is 5.15 Å². The summed E-state index contributed by atoms with van der Waals surface area (Å²) in [6, 6.07) is 8.56. The molecule has 1 unspecified atom stereocenters. The number of aryl methyl sites for hydroxylation is 1. The smallest absolute Gasteiger partial charge is 0.142 e. The lowest BCUT2D eigenvalue weighted by Crippen LogP contribution is -2.46. The highest BCUT2D eigenvalue weighted by molar-refractivity contribution is 14.1. The Kier molecular flexibility index (Phi) is 6.58. The lowest BCUT2D eigenvalue weighted by Gasteiger charge is -2.46. The molecular weight excluding hydrogens is 483 g/mol. The van der Waals surface area contributed by atoms with Gasteiger partial charge in [-0.3, -0.25) is 4.98 Å². The maximum absolute atomic E-state index is 6.35. The van der Waals surface area contributed by atoms with E-state index in [1.54, 1.807) is 0 Å². The van der Waals surface area contributed by atoms with Crippen LogP contribution in [-0.4, -0.2) is 22.2 Å². The quantitative estimate of drug-likeness (QED) is 0.252. The van der Waals surface area contributed by atoms with Gasteiger partial charge in [0.25, 0.3) is 0 Å². The highest BCUT2D eigenvalue weighted by Crippen LogP contribution is 2.50. The van der Waals surface area contributed by atoms with Crippen molar-refractivity contribution in [1.29, 1.82) is 0 Å². The largest absolute Gasteiger partial charge is 0.375 e. The van der Waals surface area contributed by atoms with E-state index in [1.165, 1.54) is 56.2 Å². The van der Waals surface area contributed by atoms with Crippen LogP contribution in [0.2, 0.25) is 5.15 Å². The van der Waals surface area contributed by atoms with E-state index in [4.69, 9.17) is 21.3 Å². The molecule has 1 saturated carbocycles. The van der Waals surface area contributed by atoms with Crippen molar-refractivity contribution in [1.82, 2.24) is 9.97 Å². The van der Waals surface area contributed by atoms with Crippen LogP contribution in [0.15, 0.2) is 36.7 Å². The number of rotatable bonds is 6. The van der Waals surface area contributed by atoms with Crippen molar-refractivity contribution in [2.75, 3.05) is 6.61 Å². The minimum atomic E-state index is 0.103. The fourth-order valence-electron chi connectivity index (χ4n) is 5.19. The Balaban J connectivity index is 1.45. The average molecular weight is 511 g/mol. The molecular formula is C23H28ClIN2O. The molecule has 2 fully saturated rings. The highest BCUT2D eigenvalue weighted by Gasteiger charge is 2.48. The molecule has 0 N–H and O–H groups in total. The first-order valence-electron chi connectivity index (χ1n) is 10.5. The van der Waals surface area contributed by atoms with E-state index in [9.17, 15) is 0 Å². The Bertz CT molecular complexity index is 794. The van der Waals surface area contributed by atoms with Gasteiger partial charge in [0.2, 0.25) is 0 Å². The molecule has 1 spiro atoms. The van der Waals surface area contributed by atoms with Crippen LogP contribution >= 0.6 is 34.2 Å².